The number of carbonyl (C=O) groups is 1. The molecule has 0 aliphatic heterocycles. The zero-order valence-corrected chi connectivity index (χ0v) is 24.7. The van der Waals surface area contributed by atoms with E-state index in [0.717, 1.165) is 35.5 Å². The van der Waals surface area contributed by atoms with Crippen molar-refractivity contribution in [1.29, 1.82) is 0 Å². The number of hydrogen-bond acceptors (Lipinski definition) is 3. The third-order valence-electron chi connectivity index (χ3n) is 8.57. The third-order valence-corrected chi connectivity index (χ3v) is 8.57. The van der Waals surface area contributed by atoms with Crippen LogP contribution in [0.1, 0.15) is 54.9 Å². The lowest BCUT2D eigenvalue weighted by Gasteiger charge is -2.32. The first-order valence-corrected chi connectivity index (χ1v) is 14.8. The Bertz CT molecular complexity index is 1880. The van der Waals surface area contributed by atoms with E-state index in [4.69, 9.17) is 16.1 Å². The van der Waals surface area contributed by atoms with E-state index in [-0.39, 0.29) is 11.1 Å². The predicted octanol–water partition coefficient (Wildman–Crippen LogP) is 10.4. The van der Waals surface area contributed by atoms with Crippen LogP contribution in [-0.2, 0) is 10.2 Å². The molecule has 5 aromatic rings. The number of nitrogens with zero attached hydrogens (tertiary/aromatic N) is 2. The van der Waals surface area contributed by atoms with Gasteiger partial charge in [-0.25, -0.2) is 4.85 Å². The molecule has 5 heteroatoms. The first-order valence-electron chi connectivity index (χ1n) is 14.8. The second-order valence-electron chi connectivity index (χ2n) is 10.9. The smallest absolute Gasteiger partial charge is 0.333 e. The molecule has 0 spiro atoms. The molecule has 0 radical (unpaired) electrons. The quantitative estimate of drug-likeness (QED) is 0.140. The number of fused-ring (bicyclic) bond motifs is 3. The Morgan fingerprint density at radius 1 is 0.773 bits per heavy atom. The maximum absolute atomic E-state index is 11.2. The minimum absolute atomic E-state index is 0.126. The highest BCUT2D eigenvalue weighted by atomic mass is 16.4. The van der Waals surface area contributed by atoms with Gasteiger partial charge in [-0.05, 0) is 101 Å². The first kappa shape index (κ1) is 28.5. The van der Waals surface area contributed by atoms with Gasteiger partial charge in [-0.1, -0.05) is 80.6 Å². The van der Waals surface area contributed by atoms with E-state index in [1.54, 1.807) is 12.1 Å². The van der Waals surface area contributed by atoms with Crippen LogP contribution >= 0.6 is 0 Å². The van der Waals surface area contributed by atoms with Gasteiger partial charge in [-0.15, -0.1) is 0 Å². The highest BCUT2D eigenvalue weighted by molar-refractivity contribution is 5.93. The topological polar surface area (TPSA) is 58.0 Å². The Balaban J connectivity index is 1.37. The van der Waals surface area contributed by atoms with Gasteiger partial charge in [0.1, 0.15) is 11.5 Å². The number of hydrogen-bond donors (Lipinski definition) is 1. The van der Waals surface area contributed by atoms with E-state index in [9.17, 15) is 4.79 Å². The Morgan fingerprint density at radius 2 is 1.36 bits per heavy atom. The van der Waals surface area contributed by atoms with Crippen LogP contribution in [0.15, 0.2) is 119 Å². The molecule has 0 atom stereocenters. The van der Waals surface area contributed by atoms with Crippen molar-refractivity contribution < 1.29 is 14.3 Å². The van der Waals surface area contributed by atoms with Gasteiger partial charge in [0.05, 0.1) is 6.57 Å². The molecular weight excluding hydrogens is 544 g/mol. The van der Waals surface area contributed by atoms with E-state index < -0.39 is 5.97 Å². The minimum atomic E-state index is -1.28. The zero-order valence-electron chi connectivity index (χ0n) is 24.7. The average Bonchev–Trinajstić information content (AvgIpc) is 3.63. The van der Waals surface area contributed by atoms with Crippen LogP contribution in [0, 0.1) is 6.57 Å². The molecule has 0 saturated heterocycles. The van der Waals surface area contributed by atoms with Crippen molar-refractivity contribution in [3.8, 4) is 11.1 Å². The molecule has 1 heterocycles. The van der Waals surface area contributed by atoms with Crippen molar-refractivity contribution in [3.63, 3.8) is 0 Å². The molecule has 1 N–H and O–H groups in total. The standard InChI is InChI=1S/C39H32N2O3/c1-4-39(5-2)35-24-27(16-19-31-20-21-32(44-31)26-37(40-3)38(42)43)17-22-33(35)34-23-18-30(25-36(34)39)41(28-12-8-6-9-13-28)29-14-10-7-11-15-29/h6-26H,4-5H2,1-2H3,(H,42,43)/b19-16+,37-26-. The van der Waals surface area contributed by atoms with Crippen molar-refractivity contribution in [1.82, 2.24) is 0 Å². The lowest BCUT2D eigenvalue weighted by atomic mass is 9.73. The maximum atomic E-state index is 11.2. The summed E-state index contributed by atoms with van der Waals surface area (Å²) in [7, 11) is 0. The Kier molecular flexibility index (Phi) is 7.74. The lowest BCUT2D eigenvalue weighted by molar-refractivity contribution is -0.132. The molecular formula is C39H32N2O3. The van der Waals surface area contributed by atoms with Gasteiger partial charge >= 0.3 is 5.97 Å². The van der Waals surface area contributed by atoms with Crippen molar-refractivity contribution in [2.75, 3.05) is 4.90 Å². The number of anilines is 3. The first-order chi connectivity index (χ1) is 21.5. The predicted molar refractivity (Wildman–Crippen MR) is 178 cm³/mol. The molecule has 0 bridgehead atoms. The van der Waals surface area contributed by atoms with E-state index in [1.807, 2.05) is 24.3 Å². The molecule has 0 unspecified atom stereocenters. The van der Waals surface area contributed by atoms with E-state index in [0.29, 0.717) is 11.5 Å². The van der Waals surface area contributed by atoms with Gasteiger partial charge in [-0.2, -0.15) is 0 Å². The number of rotatable bonds is 9. The average molecular weight is 577 g/mol. The zero-order chi connectivity index (χ0) is 30.7. The summed E-state index contributed by atoms with van der Waals surface area (Å²) in [6.45, 7) is 11.6. The van der Waals surface area contributed by atoms with E-state index >= 15 is 0 Å². The van der Waals surface area contributed by atoms with Gasteiger partial charge in [-0.3, -0.25) is 4.79 Å². The van der Waals surface area contributed by atoms with Gasteiger partial charge in [0.2, 0.25) is 0 Å². The van der Waals surface area contributed by atoms with Crippen molar-refractivity contribution in [3.05, 3.63) is 155 Å². The highest BCUT2D eigenvalue weighted by Gasteiger charge is 2.41. The minimum Gasteiger partial charge on any atom is -0.486 e. The summed E-state index contributed by atoms with van der Waals surface area (Å²) in [5, 5.41) is 9.12. The van der Waals surface area contributed by atoms with Crippen LogP contribution in [0.3, 0.4) is 0 Å². The molecule has 44 heavy (non-hydrogen) atoms. The fraction of sp³-hybridized carbons (Fsp3) is 0.128. The molecule has 0 amide bonds. The molecule has 4 aromatic carbocycles. The SMILES string of the molecule is [C-]#[N+]/C(=C\c1ccc(/C=C/c2ccc3c(c2)C(CC)(CC)c2cc(N(c4ccccc4)c4ccccc4)ccc2-3)o1)C(=O)O. The summed E-state index contributed by atoms with van der Waals surface area (Å²) in [6, 6.07) is 37.9. The Hall–Kier alpha value is -5.60. The Morgan fingerprint density at radius 3 is 1.95 bits per heavy atom. The van der Waals surface area contributed by atoms with E-state index in [1.165, 1.54) is 28.3 Å². The van der Waals surface area contributed by atoms with Gasteiger partial charge in [0, 0.05) is 22.5 Å². The van der Waals surface area contributed by atoms with Crippen LogP contribution in [0.2, 0.25) is 0 Å². The van der Waals surface area contributed by atoms with Gasteiger partial charge in [0.15, 0.2) is 0 Å². The number of aliphatic carboxylic acids is 1. The summed E-state index contributed by atoms with van der Waals surface area (Å²) in [5.41, 5.74) is 9.13. The van der Waals surface area contributed by atoms with Crippen molar-refractivity contribution >= 4 is 41.3 Å². The number of para-hydroxylation sites is 2. The second-order valence-corrected chi connectivity index (χ2v) is 10.9. The van der Waals surface area contributed by atoms with Crippen LogP contribution in [0.4, 0.5) is 17.1 Å². The van der Waals surface area contributed by atoms with Crippen LogP contribution < -0.4 is 4.90 Å². The second kappa shape index (κ2) is 11.9. The van der Waals surface area contributed by atoms with Crippen molar-refractivity contribution in [2.45, 2.75) is 32.1 Å². The van der Waals surface area contributed by atoms with Gasteiger partial charge in [0.25, 0.3) is 5.70 Å². The summed E-state index contributed by atoms with van der Waals surface area (Å²) in [5.74, 6) is -0.365. The normalized spacial score (nSPS) is 13.3. The maximum Gasteiger partial charge on any atom is 0.333 e. The largest absolute Gasteiger partial charge is 0.486 e. The van der Waals surface area contributed by atoms with Crippen LogP contribution in [0.5, 0.6) is 0 Å². The third kappa shape index (κ3) is 5.12. The van der Waals surface area contributed by atoms with Crippen molar-refractivity contribution in [2.24, 2.45) is 0 Å². The molecule has 1 aliphatic rings. The molecule has 5 nitrogen and oxygen atoms in total. The number of benzene rings is 4. The molecule has 1 aromatic heterocycles. The van der Waals surface area contributed by atoms with Crippen LogP contribution in [0.25, 0.3) is 34.2 Å². The summed E-state index contributed by atoms with van der Waals surface area (Å²) >= 11 is 0. The number of furan rings is 1. The monoisotopic (exact) mass is 576 g/mol. The fourth-order valence-corrected chi connectivity index (χ4v) is 6.35. The molecule has 0 fully saturated rings. The molecule has 1 aliphatic carbocycles. The Labute approximate surface area is 257 Å². The number of carboxylic acids is 1. The molecule has 216 valence electrons. The summed E-state index contributed by atoms with van der Waals surface area (Å²) in [6.07, 6.45) is 7.06. The fourth-order valence-electron chi connectivity index (χ4n) is 6.35. The van der Waals surface area contributed by atoms with Crippen LogP contribution in [-0.4, -0.2) is 11.1 Å². The molecule has 6 rings (SSSR count). The summed E-state index contributed by atoms with van der Waals surface area (Å²) < 4.78 is 5.75. The number of carboxylic acid groups (broad SMARTS) is 1. The molecule has 0 saturated carbocycles. The lowest BCUT2D eigenvalue weighted by Crippen LogP contribution is -2.23. The summed E-state index contributed by atoms with van der Waals surface area (Å²) in [4.78, 5) is 16.5. The highest BCUT2D eigenvalue weighted by Crippen LogP contribution is 2.54. The van der Waals surface area contributed by atoms with E-state index in [2.05, 4.69) is 109 Å². The van der Waals surface area contributed by atoms with Gasteiger partial charge < -0.3 is 14.4 Å².